The second kappa shape index (κ2) is 3.64. The maximum absolute atomic E-state index is 5.95. The van der Waals surface area contributed by atoms with Gasteiger partial charge < -0.3 is 4.52 Å². The Labute approximate surface area is 96.4 Å². The van der Waals surface area contributed by atoms with E-state index in [2.05, 4.69) is 10.3 Å². The lowest BCUT2D eigenvalue weighted by Gasteiger charge is -2.00. The lowest BCUT2D eigenvalue weighted by atomic mass is 10.2. The molecule has 80 valence electrons. The van der Waals surface area contributed by atoms with E-state index in [1.165, 1.54) is 0 Å². The Hall–Kier alpha value is -1.81. The zero-order chi connectivity index (χ0) is 11.0. The average Bonchev–Trinajstić information content (AvgIpc) is 2.90. The molecule has 0 aliphatic heterocycles. The highest BCUT2D eigenvalue weighted by Gasteiger charge is 2.05. The first-order valence-electron chi connectivity index (χ1n) is 4.83. The molecule has 4 nitrogen and oxygen atoms in total. The number of benzene rings is 1. The van der Waals surface area contributed by atoms with Crippen LogP contribution in [0.4, 0.5) is 0 Å². The number of hydrogen-bond donors (Lipinski definition) is 0. The van der Waals surface area contributed by atoms with Crippen molar-refractivity contribution in [1.82, 2.24) is 14.9 Å². The van der Waals surface area contributed by atoms with Crippen LogP contribution in [-0.4, -0.2) is 14.9 Å². The first-order chi connectivity index (χ1) is 7.83. The van der Waals surface area contributed by atoms with Gasteiger partial charge in [-0.15, -0.1) is 0 Å². The highest BCUT2D eigenvalue weighted by atomic mass is 35.5. The van der Waals surface area contributed by atoms with Gasteiger partial charge in [-0.3, -0.25) is 4.68 Å². The van der Waals surface area contributed by atoms with Crippen molar-refractivity contribution in [3.05, 3.63) is 47.4 Å². The SMILES string of the molecule is Clc1ccc2cnn(Cc3ccon3)c2c1. The third-order valence-electron chi connectivity index (χ3n) is 2.41. The van der Waals surface area contributed by atoms with E-state index in [1.54, 1.807) is 6.26 Å². The molecule has 0 N–H and O–H groups in total. The Kier molecular flexibility index (Phi) is 2.15. The molecular formula is C11H8ClN3O. The average molecular weight is 234 g/mol. The molecule has 0 saturated heterocycles. The molecule has 1 aromatic carbocycles. The minimum atomic E-state index is 0.584. The molecule has 2 aromatic heterocycles. The van der Waals surface area contributed by atoms with Gasteiger partial charge in [-0.25, -0.2) is 0 Å². The number of fused-ring (bicyclic) bond motifs is 1. The second-order valence-electron chi connectivity index (χ2n) is 3.50. The van der Waals surface area contributed by atoms with Crippen molar-refractivity contribution in [3.8, 4) is 0 Å². The summed E-state index contributed by atoms with van der Waals surface area (Å²) in [6.07, 6.45) is 3.36. The van der Waals surface area contributed by atoms with Crippen LogP contribution in [0.3, 0.4) is 0 Å². The lowest BCUT2D eigenvalue weighted by Crippen LogP contribution is -2.01. The summed E-state index contributed by atoms with van der Waals surface area (Å²) in [6.45, 7) is 0.584. The summed E-state index contributed by atoms with van der Waals surface area (Å²) in [6, 6.07) is 7.51. The smallest absolute Gasteiger partial charge is 0.124 e. The zero-order valence-corrected chi connectivity index (χ0v) is 9.05. The molecule has 0 radical (unpaired) electrons. The summed E-state index contributed by atoms with van der Waals surface area (Å²) in [5, 5.41) is 9.91. The van der Waals surface area contributed by atoms with E-state index >= 15 is 0 Å². The Morgan fingerprint density at radius 2 is 2.25 bits per heavy atom. The Bertz CT molecular complexity index is 615. The molecule has 0 spiro atoms. The van der Waals surface area contributed by atoms with Crippen LogP contribution in [0.25, 0.3) is 10.9 Å². The van der Waals surface area contributed by atoms with Gasteiger partial charge >= 0.3 is 0 Å². The van der Waals surface area contributed by atoms with Gasteiger partial charge in [-0.1, -0.05) is 16.8 Å². The van der Waals surface area contributed by atoms with Crippen molar-refractivity contribution < 1.29 is 4.52 Å². The third kappa shape index (κ3) is 1.57. The van der Waals surface area contributed by atoms with Gasteiger partial charge in [-0.2, -0.15) is 5.10 Å². The molecule has 0 saturated carbocycles. The lowest BCUT2D eigenvalue weighted by molar-refractivity contribution is 0.408. The minimum absolute atomic E-state index is 0.584. The Morgan fingerprint density at radius 1 is 1.31 bits per heavy atom. The van der Waals surface area contributed by atoms with Crippen LogP contribution in [0.1, 0.15) is 5.69 Å². The number of aromatic nitrogens is 3. The van der Waals surface area contributed by atoms with E-state index in [1.807, 2.05) is 35.1 Å². The summed E-state index contributed by atoms with van der Waals surface area (Å²) >= 11 is 5.95. The molecule has 0 aliphatic rings. The molecular weight excluding hydrogens is 226 g/mol. The molecule has 3 rings (SSSR count). The molecule has 0 unspecified atom stereocenters. The van der Waals surface area contributed by atoms with Crippen molar-refractivity contribution in [2.75, 3.05) is 0 Å². The van der Waals surface area contributed by atoms with Gasteiger partial charge in [0.25, 0.3) is 0 Å². The second-order valence-corrected chi connectivity index (χ2v) is 3.93. The van der Waals surface area contributed by atoms with Gasteiger partial charge in [0.1, 0.15) is 12.0 Å². The molecule has 0 atom stereocenters. The fraction of sp³-hybridized carbons (Fsp3) is 0.0909. The van der Waals surface area contributed by atoms with Crippen LogP contribution in [-0.2, 0) is 6.54 Å². The fourth-order valence-electron chi connectivity index (χ4n) is 1.64. The van der Waals surface area contributed by atoms with E-state index in [4.69, 9.17) is 16.1 Å². The van der Waals surface area contributed by atoms with Crippen LogP contribution in [0.2, 0.25) is 5.02 Å². The van der Waals surface area contributed by atoms with E-state index in [0.29, 0.717) is 11.6 Å². The van der Waals surface area contributed by atoms with Crippen molar-refractivity contribution in [2.24, 2.45) is 0 Å². The Balaban J connectivity index is 2.07. The number of hydrogen-bond acceptors (Lipinski definition) is 3. The predicted octanol–water partition coefficient (Wildman–Crippen LogP) is 2.73. The van der Waals surface area contributed by atoms with E-state index in [0.717, 1.165) is 16.6 Å². The van der Waals surface area contributed by atoms with Gasteiger partial charge in [0.15, 0.2) is 0 Å². The maximum atomic E-state index is 5.95. The number of rotatable bonds is 2. The molecule has 0 bridgehead atoms. The first-order valence-corrected chi connectivity index (χ1v) is 5.21. The summed E-state index contributed by atoms with van der Waals surface area (Å²) in [5.41, 5.74) is 1.83. The largest absolute Gasteiger partial charge is 0.364 e. The molecule has 0 amide bonds. The Morgan fingerprint density at radius 3 is 3.06 bits per heavy atom. The highest BCUT2D eigenvalue weighted by molar-refractivity contribution is 6.31. The summed E-state index contributed by atoms with van der Waals surface area (Å²) in [4.78, 5) is 0. The normalized spacial score (nSPS) is 11.1. The van der Waals surface area contributed by atoms with Crippen LogP contribution < -0.4 is 0 Å². The maximum Gasteiger partial charge on any atom is 0.124 e. The van der Waals surface area contributed by atoms with Crippen molar-refractivity contribution >= 4 is 22.5 Å². The molecule has 5 heteroatoms. The molecule has 2 heterocycles. The molecule has 3 aromatic rings. The highest BCUT2D eigenvalue weighted by Crippen LogP contribution is 2.19. The van der Waals surface area contributed by atoms with Crippen molar-refractivity contribution in [3.63, 3.8) is 0 Å². The van der Waals surface area contributed by atoms with Gasteiger partial charge in [-0.05, 0) is 18.2 Å². The predicted molar refractivity (Wildman–Crippen MR) is 60.3 cm³/mol. The van der Waals surface area contributed by atoms with Gasteiger partial charge in [0, 0.05) is 16.5 Å². The third-order valence-corrected chi connectivity index (χ3v) is 2.64. The van der Waals surface area contributed by atoms with Crippen LogP contribution in [0, 0.1) is 0 Å². The monoisotopic (exact) mass is 233 g/mol. The standard InChI is InChI=1S/C11H8ClN3O/c12-9-2-1-8-6-13-15(11(8)5-9)7-10-3-4-16-14-10/h1-6H,7H2. The molecule has 0 aliphatic carbocycles. The van der Waals surface area contributed by atoms with Gasteiger partial charge in [0.2, 0.25) is 0 Å². The molecule has 16 heavy (non-hydrogen) atoms. The van der Waals surface area contributed by atoms with Crippen LogP contribution in [0.5, 0.6) is 0 Å². The first kappa shape index (κ1) is 9.42. The number of nitrogens with zero attached hydrogens (tertiary/aromatic N) is 3. The van der Waals surface area contributed by atoms with Crippen molar-refractivity contribution in [2.45, 2.75) is 6.54 Å². The van der Waals surface area contributed by atoms with E-state index in [-0.39, 0.29) is 0 Å². The zero-order valence-electron chi connectivity index (χ0n) is 8.30. The van der Waals surface area contributed by atoms with Gasteiger partial charge in [0.05, 0.1) is 18.3 Å². The molecule has 0 fully saturated rings. The number of halogens is 1. The topological polar surface area (TPSA) is 43.9 Å². The quantitative estimate of drug-likeness (QED) is 0.684. The summed E-state index contributed by atoms with van der Waals surface area (Å²) in [7, 11) is 0. The van der Waals surface area contributed by atoms with E-state index < -0.39 is 0 Å². The minimum Gasteiger partial charge on any atom is -0.364 e. The summed E-state index contributed by atoms with van der Waals surface area (Å²) in [5.74, 6) is 0. The van der Waals surface area contributed by atoms with Crippen molar-refractivity contribution in [1.29, 1.82) is 0 Å². The summed E-state index contributed by atoms with van der Waals surface area (Å²) < 4.78 is 6.63. The van der Waals surface area contributed by atoms with Crippen LogP contribution >= 0.6 is 11.6 Å². The van der Waals surface area contributed by atoms with E-state index in [9.17, 15) is 0 Å². The fourth-order valence-corrected chi connectivity index (χ4v) is 1.81. The van der Waals surface area contributed by atoms with Crippen LogP contribution in [0.15, 0.2) is 41.2 Å².